The van der Waals surface area contributed by atoms with Crippen molar-refractivity contribution in [2.24, 2.45) is 0 Å². The lowest BCUT2D eigenvalue weighted by molar-refractivity contribution is -0.107. The minimum atomic E-state index is -0.0992. The number of nitrogens with two attached hydrogens (primary N) is 1. The number of aldehydes is 1. The Hall–Kier alpha value is -2.02. The third kappa shape index (κ3) is 2.49. The molecule has 1 aromatic rings. The first-order chi connectivity index (χ1) is 6.24. The topological polar surface area (TPSA) is 76.2 Å². The number of carbonyl (C=O) groups is 1. The van der Waals surface area contributed by atoms with Gasteiger partial charge in [0.2, 0.25) is 0 Å². The van der Waals surface area contributed by atoms with Gasteiger partial charge in [0.15, 0.2) is 11.6 Å². The zero-order valence-corrected chi connectivity index (χ0v) is 6.82. The van der Waals surface area contributed by atoms with Crippen LogP contribution in [0.3, 0.4) is 0 Å². The molecule has 66 valence electrons. The zero-order valence-electron chi connectivity index (χ0n) is 6.82. The van der Waals surface area contributed by atoms with Gasteiger partial charge < -0.3 is 15.6 Å². The maximum Gasteiger partial charge on any atom is 0.165 e. The van der Waals surface area contributed by atoms with Crippen molar-refractivity contribution in [2.75, 3.05) is 5.73 Å². The summed E-state index contributed by atoms with van der Waals surface area (Å²) in [5, 5.41) is 9.13. The molecule has 0 aliphatic heterocycles. The summed E-state index contributed by atoms with van der Waals surface area (Å²) in [7, 11) is 0. The summed E-state index contributed by atoms with van der Waals surface area (Å²) in [5.74, 6) is 5.21. The van der Waals surface area contributed by atoms with Gasteiger partial charge >= 0.3 is 0 Å². The number of rotatable bonds is 1. The maximum atomic E-state index is 9.93. The van der Waals surface area contributed by atoms with Crippen LogP contribution in [0.2, 0.25) is 0 Å². The molecule has 4 heteroatoms. The molecule has 0 aliphatic rings. The van der Waals surface area contributed by atoms with E-state index in [0.717, 1.165) is 0 Å². The summed E-state index contributed by atoms with van der Waals surface area (Å²) < 4.78 is 0. The largest absolute Gasteiger partial charge is 0.504 e. The van der Waals surface area contributed by atoms with Crippen LogP contribution < -0.4 is 5.73 Å². The van der Waals surface area contributed by atoms with E-state index in [1.807, 2.05) is 0 Å². The van der Waals surface area contributed by atoms with Crippen LogP contribution in [-0.2, 0) is 4.79 Å². The molecular weight excluding hydrogens is 168 g/mol. The van der Waals surface area contributed by atoms with Gasteiger partial charge in [-0.05, 0) is 0 Å². The number of anilines is 1. The summed E-state index contributed by atoms with van der Waals surface area (Å²) in [6.45, 7) is 0. The first-order valence-corrected chi connectivity index (χ1v) is 3.61. The lowest BCUT2D eigenvalue weighted by atomic mass is 10.2. The molecule has 1 rings (SSSR count). The fourth-order valence-electron chi connectivity index (χ4n) is 0.727. The summed E-state index contributed by atoms with van der Waals surface area (Å²) in [6.07, 6.45) is 2.32. The molecule has 13 heavy (non-hydrogen) atoms. The Morgan fingerprint density at radius 3 is 3.08 bits per heavy atom. The van der Waals surface area contributed by atoms with E-state index in [4.69, 9.17) is 10.8 Å². The zero-order chi connectivity index (χ0) is 9.68. The van der Waals surface area contributed by atoms with Crippen LogP contribution in [0.25, 0.3) is 0 Å². The van der Waals surface area contributed by atoms with E-state index >= 15 is 0 Å². The standard InChI is InChI=1S/C9H8N2O2/c10-9-8(13)5-7(6-11-9)3-1-2-4-12/h4-6,13H,2H2,(H2,10,11). The quantitative estimate of drug-likeness (QED) is 0.477. The van der Waals surface area contributed by atoms with Crippen LogP contribution in [-0.4, -0.2) is 16.4 Å². The maximum absolute atomic E-state index is 9.93. The molecule has 0 unspecified atom stereocenters. The molecule has 3 N–H and O–H groups in total. The second kappa shape index (κ2) is 4.12. The molecule has 0 spiro atoms. The van der Waals surface area contributed by atoms with Crippen molar-refractivity contribution in [1.82, 2.24) is 4.98 Å². The SMILES string of the molecule is Nc1ncc(C#CCC=O)cc1O. The Balaban J connectivity index is 2.87. The highest BCUT2D eigenvalue weighted by Gasteiger charge is 1.96. The first-order valence-electron chi connectivity index (χ1n) is 3.61. The number of pyridine rings is 1. The van der Waals surface area contributed by atoms with E-state index in [-0.39, 0.29) is 18.0 Å². The highest BCUT2D eigenvalue weighted by atomic mass is 16.3. The number of carbonyl (C=O) groups excluding carboxylic acids is 1. The Kier molecular flexibility index (Phi) is 2.87. The van der Waals surface area contributed by atoms with Crippen molar-refractivity contribution in [1.29, 1.82) is 0 Å². The van der Waals surface area contributed by atoms with E-state index in [1.165, 1.54) is 12.3 Å². The highest BCUT2D eigenvalue weighted by Crippen LogP contribution is 2.16. The third-order valence-electron chi connectivity index (χ3n) is 1.32. The van der Waals surface area contributed by atoms with Crippen molar-refractivity contribution < 1.29 is 9.90 Å². The average Bonchev–Trinajstić information content (AvgIpc) is 2.12. The van der Waals surface area contributed by atoms with E-state index in [0.29, 0.717) is 11.8 Å². The molecule has 0 atom stereocenters. The minimum absolute atomic E-state index is 0.0703. The van der Waals surface area contributed by atoms with Gasteiger partial charge in [-0.15, -0.1) is 0 Å². The average molecular weight is 176 g/mol. The Labute approximate surface area is 75.4 Å². The second-order valence-corrected chi connectivity index (χ2v) is 2.30. The summed E-state index contributed by atoms with van der Waals surface area (Å²) in [6, 6.07) is 1.40. The fourth-order valence-corrected chi connectivity index (χ4v) is 0.727. The minimum Gasteiger partial charge on any atom is -0.504 e. The third-order valence-corrected chi connectivity index (χ3v) is 1.32. The number of hydrogen-bond donors (Lipinski definition) is 2. The monoisotopic (exact) mass is 176 g/mol. The summed E-state index contributed by atoms with van der Waals surface area (Å²) in [4.78, 5) is 13.6. The molecule has 0 bridgehead atoms. The lowest BCUT2D eigenvalue weighted by Crippen LogP contribution is -1.90. The normalized spacial score (nSPS) is 8.62. The molecule has 0 fully saturated rings. The van der Waals surface area contributed by atoms with Crippen LogP contribution >= 0.6 is 0 Å². The van der Waals surface area contributed by atoms with E-state index < -0.39 is 0 Å². The summed E-state index contributed by atoms with van der Waals surface area (Å²) >= 11 is 0. The number of aromatic hydroxyl groups is 1. The molecule has 0 radical (unpaired) electrons. The molecule has 0 aromatic carbocycles. The highest BCUT2D eigenvalue weighted by molar-refractivity contribution is 5.55. The molecule has 0 aliphatic carbocycles. The predicted octanol–water partition coefficient (Wildman–Crippen LogP) is 0.310. The molecule has 0 saturated heterocycles. The molecule has 1 aromatic heterocycles. The number of aromatic nitrogens is 1. The lowest BCUT2D eigenvalue weighted by Gasteiger charge is -1.95. The molecule has 0 saturated carbocycles. The van der Waals surface area contributed by atoms with Crippen LogP contribution in [0.4, 0.5) is 5.82 Å². The molecule has 4 nitrogen and oxygen atoms in total. The Bertz CT molecular complexity index is 377. The van der Waals surface area contributed by atoms with E-state index in [9.17, 15) is 4.79 Å². The van der Waals surface area contributed by atoms with Gasteiger partial charge in [-0.3, -0.25) is 0 Å². The Morgan fingerprint density at radius 1 is 1.69 bits per heavy atom. The van der Waals surface area contributed by atoms with Gasteiger partial charge in [-0.25, -0.2) is 4.98 Å². The van der Waals surface area contributed by atoms with Crippen LogP contribution in [0.15, 0.2) is 12.3 Å². The van der Waals surface area contributed by atoms with Crippen LogP contribution in [0.5, 0.6) is 5.75 Å². The van der Waals surface area contributed by atoms with Crippen molar-refractivity contribution in [2.45, 2.75) is 6.42 Å². The number of nitrogens with zero attached hydrogens (tertiary/aromatic N) is 1. The Morgan fingerprint density at radius 2 is 2.46 bits per heavy atom. The second-order valence-electron chi connectivity index (χ2n) is 2.30. The van der Waals surface area contributed by atoms with Gasteiger partial charge in [-0.2, -0.15) is 0 Å². The van der Waals surface area contributed by atoms with Gasteiger partial charge in [0.25, 0.3) is 0 Å². The fraction of sp³-hybridized carbons (Fsp3) is 0.111. The molecule has 1 heterocycles. The van der Waals surface area contributed by atoms with Gasteiger partial charge in [0.05, 0.1) is 6.42 Å². The predicted molar refractivity (Wildman–Crippen MR) is 47.9 cm³/mol. The van der Waals surface area contributed by atoms with Gasteiger partial charge in [0, 0.05) is 17.8 Å². The van der Waals surface area contributed by atoms with Crippen LogP contribution in [0.1, 0.15) is 12.0 Å². The number of hydrogen-bond acceptors (Lipinski definition) is 4. The van der Waals surface area contributed by atoms with E-state index in [2.05, 4.69) is 16.8 Å². The van der Waals surface area contributed by atoms with Crippen molar-refractivity contribution in [3.63, 3.8) is 0 Å². The van der Waals surface area contributed by atoms with Crippen LogP contribution in [0, 0.1) is 11.8 Å². The molecular formula is C9H8N2O2. The molecule has 0 amide bonds. The summed E-state index contributed by atoms with van der Waals surface area (Å²) in [5.41, 5.74) is 5.81. The van der Waals surface area contributed by atoms with Gasteiger partial charge in [-0.1, -0.05) is 11.8 Å². The van der Waals surface area contributed by atoms with Crippen molar-refractivity contribution in [3.8, 4) is 17.6 Å². The number of nitrogen functional groups attached to an aromatic ring is 1. The van der Waals surface area contributed by atoms with Crippen molar-refractivity contribution >= 4 is 12.1 Å². The van der Waals surface area contributed by atoms with Crippen molar-refractivity contribution in [3.05, 3.63) is 17.8 Å². The smallest absolute Gasteiger partial charge is 0.165 e. The first kappa shape index (κ1) is 9.07. The van der Waals surface area contributed by atoms with Gasteiger partial charge in [0.1, 0.15) is 6.29 Å². The van der Waals surface area contributed by atoms with E-state index in [1.54, 1.807) is 0 Å².